The molecule has 0 bridgehead atoms. The van der Waals surface area contributed by atoms with Crippen LogP contribution in [0.15, 0.2) is 22.5 Å². The van der Waals surface area contributed by atoms with E-state index in [1.807, 2.05) is 31.5 Å². The topological polar surface area (TPSA) is 57.0 Å². The van der Waals surface area contributed by atoms with Gasteiger partial charge in [0.2, 0.25) is 5.91 Å². The lowest BCUT2D eigenvalue weighted by Crippen LogP contribution is -2.27. The summed E-state index contributed by atoms with van der Waals surface area (Å²) >= 11 is 3.03. The lowest BCUT2D eigenvalue weighted by molar-refractivity contribution is -0.127. The molecule has 0 unspecified atom stereocenters. The molecule has 0 spiro atoms. The number of hydrogen-bond acceptors (Lipinski definition) is 5. The number of carbonyl (C=O) groups excluding carboxylic acids is 1. The van der Waals surface area contributed by atoms with Gasteiger partial charge in [0.05, 0.1) is 17.9 Å². The van der Waals surface area contributed by atoms with Crippen molar-refractivity contribution < 1.29 is 4.79 Å². The number of amides is 1. The van der Waals surface area contributed by atoms with Crippen LogP contribution in [0.2, 0.25) is 0 Å². The van der Waals surface area contributed by atoms with Gasteiger partial charge in [-0.15, -0.1) is 11.3 Å². The number of aryl methyl sites for hydroxylation is 1. The summed E-state index contributed by atoms with van der Waals surface area (Å²) in [5.74, 6) is 0.360. The minimum absolute atomic E-state index is 0.0530. The lowest BCUT2D eigenvalue weighted by atomic mass is 10.0. The van der Waals surface area contributed by atoms with E-state index in [9.17, 15) is 10.1 Å². The molecule has 0 N–H and O–H groups in total. The minimum Gasteiger partial charge on any atom is -0.340 e. The van der Waals surface area contributed by atoms with E-state index in [0.29, 0.717) is 22.9 Å². The SMILES string of the molecule is Cc1c(C#N)c(SCC(=O)N(C)Cc2cccs2)nc2c1CCC2. The summed E-state index contributed by atoms with van der Waals surface area (Å²) in [7, 11) is 1.81. The van der Waals surface area contributed by atoms with E-state index in [2.05, 4.69) is 11.1 Å². The Kier molecular flexibility index (Phi) is 5.22. The first-order chi connectivity index (χ1) is 11.6. The number of thiophene rings is 1. The Hall–Kier alpha value is -1.84. The summed E-state index contributed by atoms with van der Waals surface area (Å²) in [6.07, 6.45) is 3.09. The summed E-state index contributed by atoms with van der Waals surface area (Å²) in [4.78, 5) is 19.9. The average Bonchev–Trinajstić information content (AvgIpc) is 3.24. The fourth-order valence-electron chi connectivity index (χ4n) is 2.95. The average molecular weight is 358 g/mol. The molecule has 3 rings (SSSR count). The van der Waals surface area contributed by atoms with Crippen LogP contribution in [-0.4, -0.2) is 28.6 Å². The third-order valence-corrected chi connectivity index (χ3v) is 6.13. The van der Waals surface area contributed by atoms with E-state index in [0.717, 1.165) is 30.5 Å². The molecule has 0 atom stereocenters. The molecule has 6 heteroatoms. The summed E-state index contributed by atoms with van der Waals surface area (Å²) in [6.45, 7) is 2.62. The van der Waals surface area contributed by atoms with Crippen molar-refractivity contribution in [1.82, 2.24) is 9.88 Å². The Morgan fingerprint density at radius 2 is 2.33 bits per heavy atom. The normalized spacial score (nSPS) is 12.7. The van der Waals surface area contributed by atoms with Crippen molar-refractivity contribution in [2.24, 2.45) is 0 Å². The summed E-state index contributed by atoms with van der Waals surface area (Å²) in [5, 5.41) is 12.2. The Morgan fingerprint density at radius 1 is 1.50 bits per heavy atom. The van der Waals surface area contributed by atoms with Crippen LogP contribution in [0.25, 0.3) is 0 Å². The van der Waals surface area contributed by atoms with Gasteiger partial charge in [-0.3, -0.25) is 4.79 Å². The molecule has 0 radical (unpaired) electrons. The third kappa shape index (κ3) is 3.47. The maximum atomic E-state index is 12.4. The van der Waals surface area contributed by atoms with Gasteiger partial charge < -0.3 is 4.90 Å². The number of pyridine rings is 1. The van der Waals surface area contributed by atoms with Crippen LogP contribution in [0.4, 0.5) is 0 Å². The van der Waals surface area contributed by atoms with Crippen LogP contribution < -0.4 is 0 Å². The number of nitrogens with zero attached hydrogens (tertiary/aromatic N) is 3. The van der Waals surface area contributed by atoms with Gasteiger partial charge in [-0.1, -0.05) is 17.8 Å². The predicted molar refractivity (Wildman–Crippen MR) is 97.2 cm³/mol. The number of aromatic nitrogens is 1. The molecule has 1 amide bonds. The zero-order valence-electron chi connectivity index (χ0n) is 13.8. The Labute approximate surface area is 150 Å². The summed E-state index contributed by atoms with van der Waals surface area (Å²) in [5.41, 5.74) is 4.02. The number of thioether (sulfide) groups is 1. The van der Waals surface area contributed by atoms with E-state index in [1.165, 1.54) is 22.2 Å². The van der Waals surface area contributed by atoms with Gasteiger partial charge in [0.25, 0.3) is 0 Å². The Balaban J connectivity index is 1.69. The maximum Gasteiger partial charge on any atom is 0.233 e. The highest BCUT2D eigenvalue weighted by Gasteiger charge is 2.21. The van der Waals surface area contributed by atoms with Gasteiger partial charge in [0, 0.05) is 17.6 Å². The van der Waals surface area contributed by atoms with Gasteiger partial charge in [0.1, 0.15) is 11.1 Å². The zero-order valence-corrected chi connectivity index (χ0v) is 15.5. The number of nitriles is 1. The standard InChI is InChI=1S/C18H19N3OS2/c1-12-14-6-3-7-16(14)20-18(15(12)9-19)24-11-17(22)21(2)10-13-5-4-8-23-13/h4-5,8H,3,6-7,10-11H2,1-2H3. The zero-order chi connectivity index (χ0) is 17.1. The van der Waals surface area contributed by atoms with Crippen LogP contribution in [0.5, 0.6) is 0 Å². The predicted octanol–water partition coefficient (Wildman–Crippen LogP) is 3.56. The molecule has 1 aliphatic carbocycles. The highest BCUT2D eigenvalue weighted by molar-refractivity contribution is 8.00. The smallest absolute Gasteiger partial charge is 0.233 e. The molecule has 2 aromatic rings. The first-order valence-corrected chi connectivity index (χ1v) is 9.78. The highest BCUT2D eigenvalue weighted by Crippen LogP contribution is 2.31. The molecular weight excluding hydrogens is 338 g/mol. The van der Waals surface area contributed by atoms with Crippen LogP contribution in [0.3, 0.4) is 0 Å². The fraction of sp³-hybridized carbons (Fsp3) is 0.389. The summed E-state index contributed by atoms with van der Waals surface area (Å²) in [6, 6.07) is 6.29. The van der Waals surface area contributed by atoms with Crippen LogP contribution in [0, 0.1) is 18.3 Å². The van der Waals surface area contributed by atoms with E-state index in [-0.39, 0.29) is 5.91 Å². The van der Waals surface area contributed by atoms with Crippen molar-refractivity contribution in [3.05, 3.63) is 44.8 Å². The molecule has 0 saturated heterocycles. The van der Waals surface area contributed by atoms with Crippen molar-refractivity contribution in [2.75, 3.05) is 12.8 Å². The van der Waals surface area contributed by atoms with Gasteiger partial charge in [-0.05, 0) is 48.8 Å². The van der Waals surface area contributed by atoms with Crippen LogP contribution >= 0.6 is 23.1 Å². The van der Waals surface area contributed by atoms with Gasteiger partial charge in [0.15, 0.2) is 0 Å². The number of hydrogen-bond donors (Lipinski definition) is 0. The Morgan fingerprint density at radius 3 is 3.04 bits per heavy atom. The van der Waals surface area contributed by atoms with E-state index in [1.54, 1.807) is 16.2 Å². The van der Waals surface area contributed by atoms with Crippen molar-refractivity contribution in [1.29, 1.82) is 5.26 Å². The van der Waals surface area contributed by atoms with Crippen molar-refractivity contribution in [3.63, 3.8) is 0 Å². The van der Waals surface area contributed by atoms with Gasteiger partial charge in [-0.2, -0.15) is 5.26 Å². The second-order valence-electron chi connectivity index (χ2n) is 5.93. The first-order valence-electron chi connectivity index (χ1n) is 7.91. The van der Waals surface area contributed by atoms with E-state index < -0.39 is 0 Å². The van der Waals surface area contributed by atoms with Crippen LogP contribution in [-0.2, 0) is 24.2 Å². The first kappa shape index (κ1) is 17.0. The van der Waals surface area contributed by atoms with Gasteiger partial charge in [-0.25, -0.2) is 4.98 Å². The number of carbonyl (C=O) groups is 1. The van der Waals surface area contributed by atoms with Crippen molar-refractivity contribution in [3.8, 4) is 6.07 Å². The molecule has 0 aliphatic heterocycles. The molecule has 4 nitrogen and oxygen atoms in total. The molecule has 0 fully saturated rings. The van der Waals surface area contributed by atoms with Gasteiger partial charge >= 0.3 is 0 Å². The molecule has 124 valence electrons. The third-order valence-electron chi connectivity index (χ3n) is 4.31. The van der Waals surface area contributed by atoms with E-state index >= 15 is 0 Å². The second kappa shape index (κ2) is 7.37. The van der Waals surface area contributed by atoms with E-state index in [4.69, 9.17) is 0 Å². The highest BCUT2D eigenvalue weighted by atomic mass is 32.2. The summed E-state index contributed by atoms with van der Waals surface area (Å²) < 4.78 is 0. The molecule has 24 heavy (non-hydrogen) atoms. The number of rotatable bonds is 5. The van der Waals surface area contributed by atoms with Crippen molar-refractivity contribution >= 4 is 29.0 Å². The quantitative estimate of drug-likeness (QED) is 0.768. The second-order valence-corrected chi connectivity index (χ2v) is 7.92. The number of fused-ring (bicyclic) bond motifs is 1. The largest absolute Gasteiger partial charge is 0.340 e. The van der Waals surface area contributed by atoms with Crippen LogP contribution in [0.1, 0.15) is 33.7 Å². The molecular formula is C18H19N3OS2. The maximum absolute atomic E-state index is 12.4. The monoisotopic (exact) mass is 357 g/mol. The molecule has 2 heterocycles. The molecule has 0 saturated carbocycles. The van der Waals surface area contributed by atoms with Crippen molar-refractivity contribution in [2.45, 2.75) is 37.8 Å². The molecule has 2 aromatic heterocycles. The fourth-order valence-corrected chi connectivity index (χ4v) is 4.70. The minimum atomic E-state index is 0.0530. The molecule has 0 aromatic carbocycles. The lowest BCUT2D eigenvalue weighted by Gasteiger charge is -2.16. The molecule has 1 aliphatic rings. The Bertz CT molecular complexity index is 794.